The third-order valence-electron chi connectivity index (χ3n) is 3.82. The van der Waals surface area contributed by atoms with E-state index in [4.69, 9.17) is 5.73 Å². The Kier molecular flexibility index (Phi) is 9.26. The SMILES string of the molecule is NC(=O)C[C@@H](NC(=O)CCCCC(F)(F)F)C(=O)NCCc1ccc(O)cc1. The molecule has 0 saturated carbocycles. The molecule has 0 radical (unpaired) electrons. The van der Waals surface area contributed by atoms with Crippen LogP contribution in [0.25, 0.3) is 0 Å². The number of nitrogens with two attached hydrogens (primary N) is 1. The summed E-state index contributed by atoms with van der Waals surface area (Å²) in [5.41, 5.74) is 5.95. The molecule has 1 aromatic rings. The van der Waals surface area contributed by atoms with E-state index in [-0.39, 0.29) is 31.6 Å². The van der Waals surface area contributed by atoms with Gasteiger partial charge in [0, 0.05) is 19.4 Å². The Morgan fingerprint density at radius 1 is 1.11 bits per heavy atom. The molecule has 156 valence electrons. The number of nitrogens with one attached hydrogen (secondary N) is 2. The van der Waals surface area contributed by atoms with Crippen LogP contribution in [0.5, 0.6) is 5.75 Å². The number of alkyl halides is 3. The molecule has 0 bridgehead atoms. The van der Waals surface area contributed by atoms with E-state index in [1.54, 1.807) is 12.1 Å². The summed E-state index contributed by atoms with van der Waals surface area (Å²) in [6.07, 6.45) is -5.59. The van der Waals surface area contributed by atoms with Gasteiger partial charge in [0.05, 0.1) is 6.42 Å². The average molecular weight is 403 g/mol. The highest BCUT2D eigenvalue weighted by Crippen LogP contribution is 2.22. The molecule has 0 spiro atoms. The van der Waals surface area contributed by atoms with E-state index >= 15 is 0 Å². The van der Waals surface area contributed by atoms with E-state index in [9.17, 15) is 32.7 Å². The molecule has 1 rings (SSSR count). The lowest BCUT2D eigenvalue weighted by Gasteiger charge is -2.17. The number of benzene rings is 1. The second kappa shape index (κ2) is 11.2. The molecular weight excluding hydrogens is 379 g/mol. The molecular formula is C18H24F3N3O4. The predicted octanol–water partition coefficient (Wildman–Crippen LogP) is 1.53. The minimum Gasteiger partial charge on any atom is -0.508 e. The van der Waals surface area contributed by atoms with Crippen LogP contribution in [0.3, 0.4) is 0 Å². The normalized spacial score (nSPS) is 12.2. The van der Waals surface area contributed by atoms with Crippen LogP contribution in [0.1, 0.15) is 37.7 Å². The first kappa shape index (κ1) is 23.3. The van der Waals surface area contributed by atoms with Crippen LogP contribution < -0.4 is 16.4 Å². The highest BCUT2D eigenvalue weighted by molar-refractivity contribution is 5.91. The number of halogens is 3. The molecule has 10 heteroatoms. The van der Waals surface area contributed by atoms with E-state index in [2.05, 4.69) is 10.6 Å². The minimum atomic E-state index is -4.28. The van der Waals surface area contributed by atoms with Gasteiger partial charge in [-0.25, -0.2) is 0 Å². The quantitative estimate of drug-likeness (QED) is 0.419. The Labute approximate surface area is 160 Å². The number of hydrogen-bond donors (Lipinski definition) is 4. The number of hydrogen-bond acceptors (Lipinski definition) is 4. The number of phenolic OH excluding ortho intramolecular Hbond substituents is 1. The third kappa shape index (κ3) is 10.4. The Bertz CT molecular complexity index is 663. The van der Waals surface area contributed by atoms with Gasteiger partial charge in [-0.3, -0.25) is 14.4 Å². The van der Waals surface area contributed by atoms with Crippen LogP contribution in [-0.4, -0.2) is 41.6 Å². The third-order valence-corrected chi connectivity index (χ3v) is 3.82. The summed E-state index contributed by atoms with van der Waals surface area (Å²) < 4.78 is 36.2. The Balaban J connectivity index is 2.44. The summed E-state index contributed by atoms with van der Waals surface area (Å²) in [4.78, 5) is 35.2. The van der Waals surface area contributed by atoms with Gasteiger partial charge in [0.15, 0.2) is 0 Å². The monoisotopic (exact) mass is 403 g/mol. The van der Waals surface area contributed by atoms with Gasteiger partial charge in [0.1, 0.15) is 11.8 Å². The fourth-order valence-electron chi connectivity index (χ4n) is 2.40. The smallest absolute Gasteiger partial charge is 0.389 e. The number of rotatable bonds is 11. The van der Waals surface area contributed by atoms with Crippen molar-refractivity contribution in [2.24, 2.45) is 5.73 Å². The molecule has 0 unspecified atom stereocenters. The van der Waals surface area contributed by atoms with Gasteiger partial charge in [-0.05, 0) is 37.0 Å². The first-order valence-corrected chi connectivity index (χ1v) is 8.77. The molecule has 7 nitrogen and oxygen atoms in total. The van der Waals surface area contributed by atoms with Crippen molar-refractivity contribution in [3.8, 4) is 5.75 Å². The number of primary amides is 1. The number of phenols is 1. The molecule has 28 heavy (non-hydrogen) atoms. The van der Waals surface area contributed by atoms with Crippen LogP contribution in [0.15, 0.2) is 24.3 Å². The first-order valence-electron chi connectivity index (χ1n) is 8.77. The zero-order valence-electron chi connectivity index (χ0n) is 15.2. The zero-order chi connectivity index (χ0) is 21.2. The van der Waals surface area contributed by atoms with Gasteiger partial charge >= 0.3 is 6.18 Å². The maximum Gasteiger partial charge on any atom is 0.389 e. The Morgan fingerprint density at radius 2 is 1.75 bits per heavy atom. The molecule has 0 aromatic heterocycles. The van der Waals surface area contributed by atoms with E-state index in [0.29, 0.717) is 6.42 Å². The Hall–Kier alpha value is -2.78. The van der Waals surface area contributed by atoms with Crippen molar-refractivity contribution in [2.75, 3.05) is 6.54 Å². The molecule has 0 fully saturated rings. The van der Waals surface area contributed by atoms with Crippen molar-refractivity contribution in [3.63, 3.8) is 0 Å². The summed E-state index contributed by atoms with van der Waals surface area (Å²) in [7, 11) is 0. The molecule has 0 aliphatic carbocycles. The van der Waals surface area contributed by atoms with Gasteiger partial charge in [-0.2, -0.15) is 13.2 Å². The lowest BCUT2D eigenvalue weighted by atomic mass is 10.1. The van der Waals surface area contributed by atoms with Crippen molar-refractivity contribution in [1.82, 2.24) is 10.6 Å². The second-order valence-electron chi connectivity index (χ2n) is 6.32. The largest absolute Gasteiger partial charge is 0.508 e. The number of carbonyl (C=O) groups excluding carboxylic acids is 3. The number of aromatic hydroxyl groups is 1. The molecule has 5 N–H and O–H groups in total. The fraction of sp³-hybridized carbons (Fsp3) is 0.500. The molecule has 0 heterocycles. The highest BCUT2D eigenvalue weighted by Gasteiger charge is 2.26. The van der Waals surface area contributed by atoms with E-state index in [1.165, 1.54) is 12.1 Å². The fourth-order valence-corrected chi connectivity index (χ4v) is 2.40. The van der Waals surface area contributed by atoms with Crippen LogP contribution in [0, 0.1) is 0 Å². The summed E-state index contributed by atoms with van der Waals surface area (Å²) in [6, 6.07) is 5.20. The van der Waals surface area contributed by atoms with Crippen molar-refractivity contribution in [2.45, 2.75) is 50.7 Å². The van der Waals surface area contributed by atoms with Crippen molar-refractivity contribution >= 4 is 17.7 Å². The van der Waals surface area contributed by atoms with Gasteiger partial charge in [-0.15, -0.1) is 0 Å². The molecule has 3 amide bonds. The molecule has 0 aliphatic rings. The van der Waals surface area contributed by atoms with Crippen LogP contribution in [-0.2, 0) is 20.8 Å². The average Bonchev–Trinajstić information content (AvgIpc) is 2.58. The predicted molar refractivity (Wildman–Crippen MR) is 95.1 cm³/mol. The van der Waals surface area contributed by atoms with E-state index < -0.39 is 42.8 Å². The second-order valence-corrected chi connectivity index (χ2v) is 6.32. The lowest BCUT2D eigenvalue weighted by molar-refractivity contribution is -0.137. The summed E-state index contributed by atoms with van der Waals surface area (Å²) in [6.45, 7) is 0.223. The molecule has 0 aliphatic heterocycles. The topological polar surface area (TPSA) is 122 Å². The van der Waals surface area contributed by atoms with Gasteiger partial charge in [0.2, 0.25) is 17.7 Å². The van der Waals surface area contributed by atoms with Crippen LogP contribution in [0.4, 0.5) is 13.2 Å². The van der Waals surface area contributed by atoms with Gasteiger partial charge in [0.25, 0.3) is 0 Å². The maximum atomic E-state index is 12.2. The van der Waals surface area contributed by atoms with Gasteiger partial charge in [-0.1, -0.05) is 12.1 Å². The van der Waals surface area contributed by atoms with E-state index in [1.807, 2.05) is 0 Å². The summed E-state index contributed by atoms with van der Waals surface area (Å²) in [5.74, 6) is -1.91. The van der Waals surface area contributed by atoms with Crippen LogP contribution >= 0.6 is 0 Å². The number of unbranched alkanes of at least 4 members (excludes halogenated alkanes) is 1. The first-order chi connectivity index (χ1) is 13.1. The molecule has 1 aromatic carbocycles. The minimum absolute atomic E-state index is 0.0110. The zero-order valence-corrected chi connectivity index (χ0v) is 15.2. The standard InChI is InChI=1S/C18H24F3N3O4/c19-18(20,21)9-2-1-3-16(27)24-14(11-15(22)26)17(28)23-10-8-12-4-6-13(25)7-5-12/h4-7,14,25H,1-3,8-11H2,(H2,22,26)(H,23,28)(H,24,27)/t14-/m1/s1. The van der Waals surface area contributed by atoms with E-state index in [0.717, 1.165) is 5.56 Å². The van der Waals surface area contributed by atoms with Crippen molar-refractivity contribution in [3.05, 3.63) is 29.8 Å². The van der Waals surface area contributed by atoms with Crippen molar-refractivity contribution in [1.29, 1.82) is 0 Å². The summed E-state index contributed by atoms with van der Waals surface area (Å²) in [5, 5.41) is 14.1. The lowest BCUT2D eigenvalue weighted by Crippen LogP contribution is -2.49. The van der Waals surface area contributed by atoms with Crippen LogP contribution in [0.2, 0.25) is 0 Å². The molecule has 1 atom stereocenters. The molecule has 0 saturated heterocycles. The van der Waals surface area contributed by atoms with Gasteiger partial charge < -0.3 is 21.5 Å². The number of amides is 3. The Morgan fingerprint density at radius 3 is 2.32 bits per heavy atom. The number of carbonyl (C=O) groups is 3. The summed E-state index contributed by atoms with van der Waals surface area (Å²) >= 11 is 0. The van der Waals surface area contributed by atoms with Crippen molar-refractivity contribution < 1.29 is 32.7 Å². The maximum absolute atomic E-state index is 12.2. The highest BCUT2D eigenvalue weighted by atomic mass is 19.4.